The van der Waals surface area contributed by atoms with Gasteiger partial charge in [0.1, 0.15) is 17.3 Å². The number of thiazole rings is 1. The minimum absolute atomic E-state index is 0.0478. The Morgan fingerprint density at radius 1 is 1.09 bits per heavy atom. The fraction of sp³-hybridized carbons (Fsp3) is 0.560. The Kier molecular flexibility index (Phi) is 10.1. The molecule has 1 aliphatic rings. The van der Waals surface area contributed by atoms with E-state index in [0.29, 0.717) is 17.1 Å². The summed E-state index contributed by atoms with van der Waals surface area (Å²) in [6.45, 7) is 2.27. The Labute approximate surface area is 199 Å². The fourth-order valence-electron chi connectivity index (χ4n) is 4.07. The third-order valence-corrected chi connectivity index (χ3v) is 6.73. The lowest BCUT2D eigenvalue weighted by Crippen LogP contribution is -2.53. The van der Waals surface area contributed by atoms with Crippen LogP contribution in [0.25, 0.3) is 0 Å². The number of hydrogen-bond acceptors (Lipinski definition) is 5. The van der Waals surface area contributed by atoms with Crippen LogP contribution < -0.4 is 15.4 Å². The molecular weight excluding hydrogens is 441 g/mol. The average Bonchev–Trinajstić information content (AvgIpc) is 3.29. The van der Waals surface area contributed by atoms with Crippen molar-refractivity contribution in [2.24, 2.45) is 0 Å². The summed E-state index contributed by atoms with van der Waals surface area (Å²) in [7, 11) is 0. The molecule has 3 rings (SSSR count). The Bertz CT molecular complexity index is 905. The zero-order chi connectivity index (χ0) is 23.5. The van der Waals surface area contributed by atoms with Crippen molar-refractivity contribution in [1.29, 1.82) is 0 Å². The number of carbonyl (C=O) groups excluding carboxylic acids is 2. The molecular formula is C25H34FN3O3S. The van der Waals surface area contributed by atoms with E-state index in [1.807, 2.05) is 0 Å². The van der Waals surface area contributed by atoms with E-state index in [-0.39, 0.29) is 36.3 Å². The van der Waals surface area contributed by atoms with Crippen LogP contribution >= 0.6 is 11.3 Å². The molecule has 1 aromatic carbocycles. The number of aromatic nitrogens is 1. The second kappa shape index (κ2) is 13.3. The zero-order valence-electron chi connectivity index (χ0n) is 19.3. The first-order chi connectivity index (χ1) is 16.1. The number of hydrogen-bond donors (Lipinski definition) is 2. The first-order valence-electron chi connectivity index (χ1n) is 12.0. The molecule has 33 heavy (non-hydrogen) atoms. The normalized spacial score (nSPS) is 18.0. The van der Waals surface area contributed by atoms with Crippen LogP contribution in [0.4, 0.5) is 4.39 Å². The SMILES string of the molecule is CCCCCCCC(=O)N[C@H]1CCCC[C@@H]1NC(=O)c1csc(COc2ccccc2F)n1. The van der Waals surface area contributed by atoms with Gasteiger partial charge in [0.15, 0.2) is 11.6 Å². The molecule has 1 aromatic heterocycles. The number of unbranched alkanes of at least 4 members (excludes halogenated alkanes) is 4. The Hall–Kier alpha value is -2.48. The predicted octanol–water partition coefficient (Wildman–Crippen LogP) is 5.38. The fourth-order valence-corrected chi connectivity index (χ4v) is 4.75. The van der Waals surface area contributed by atoms with Crippen LogP contribution in [0, 0.1) is 5.82 Å². The summed E-state index contributed by atoms with van der Waals surface area (Å²) in [6.07, 6.45) is 9.87. The van der Waals surface area contributed by atoms with Gasteiger partial charge in [-0.15, -0.1) is 11.3 Å². The summed E-state index contributed by atoms with van der Waals surface area (Å²) in [6, 6.07) is 6.04. The first-order valence-corrected chi connectivity index (χ1v) is 12.9. The third kappa shape index (κ3) is 8.11. The van der Waals surface area contributed by atoms with Crippen LogP contribution in [-0.4, -0.2) is 28.9 Å². The van der Waals surface area contributed by atoms with Crippen molar-refractivity contribution >= 4 is 23.2 Å². The van der Waals surface area contributed by atoms with Crippen molar-refractivity contribution in [3.05, 3.63) is 46.2 Å². The van der Waals surface area contributed by atoms with Gasteiger partial charge in [-0.1, -0.05) is 57.6 Å². The van der Waals surface area contributed by atoms with Crippen LogP contribution in [0.5, 0.6) is 5.75 Å². The van der Waals surface area contributed by atoms with Gasteiger partial charge >= 0.3 is 0 Å². The van der Waals surface area contributed by atoms with Gasteiger partial charge in [0, 0.05) is 23.9 Å². The molecule has 1 saturated carbocycles. The smallest absolute Gasteiger partial charge is 0.271 e. The molecule has 0 saturated heterocycles. The molecule has 8 heteroatoms. The number of ether oxygens (including phenoxy) is 1. The van der Waals surface area contributed by atoms with Crippen molar-refractivity contribution in [2.75, 3.05) is 0 Å². The quantitative estimate of drug-likeness (QED) is 0.404. The standard InChI is InChI=1S/C25H34FN3O3S/c1-2-3-4-5-6-15-23(30)27-19-12-8-9-13-20(19)29-25(31)21-17-33-24(28-21)16-32-22-14-10-7-11-18(22)26/h7,10-11,14,17,19-20H,2-6,8-9,12-13,15-16H2,1H3,(H,27,30)(H,29,31)/t19-,20-/m0/s1. The molecule has 2 amide bonds. The van der Waals surface area contributed by atoms with Crippen LogP contribution in [0.15, 0.2) is 29.6 Å². The molecule has 180 valence electrons. The number of nitrogens with one attached hydrogen (secondary N) is 2. The van der Waals surface area contributed by atoms with Crippen LogP contribution in [0.1, 0.15) is 86.6 Å². The van der Waals surface area contributed by atoms with Gasteiger partial charge < -0.3 is 15.4 Å². The van der Waals surface area contributed by atoms with E-state index in [1.54, 1.807) is 23.6 Å². The summed E-state index contributed by atoms with van der Waals surface area (Å²) in [5.74, 6) is -0.462. The van der Waals surface area contributed by atoms with Gasteiger partial charge in [-0.3, -0.25) is 9.59 Å². The van der Waals surface area contributed by atoms with Crippen molar-refractivity contribution in [1.82, 2.24) is 15.6 Å². The molecule has 2 N–H and O–H groups in total. The van der Waals surface area contributed by atoms with Gasteiger partial charge in [0.25, 0.3) is 5.91 Å². The molecule has 0 bridgehead atoms. The topological polar surface area (TPSA) is 80.3 Å². The van der Waals surface area contributed by atoms with Crippen molar-refractivity contribution < 1.29 is 18.7 Å². The number of amides is 2. The second-order valence-corrected chi connectivity index (χ2v) is 9.49. The molecule has 0 spiro atoms. The molecule has 0 radical (unpaired) electrons. The van der Waals surface area contributed by atoms with E-state index in [4.69, 9.17) is 4.74 Å². The van der Waals surface area contributed by atoms with Crippen molar-refractivity contribution in [2.45, 2.75) is 89.8 Å². The molecule has 0 unspecified atom stereocenters. The Morgan fingerprint density at radius 3 is 2.58 bits per heavy atom. The average molecular weight is 476 g/mol. The van der Waals surface area contributed by atoms with E-state index in [9.17, 15) is 14.0 Å². The van der Waals surface area contributed by atoms with Crippen LogP contribution in [-0.2, 0) is 11.4 Å². The highest BCUT2D eigenvalue weighted by Crippen LogP contribution is 2.21. The number of carbonyl (C=O) groups is 2. The summed E-state index contributed by atoms with van der Waals surface area (Å²) in [5.41, 5.74) is 0.318. The predicted molar refractivity (Wildman–Crippen MR) is 128 cm³/mol. The van der Waals surface area contributed by atoms with Crippen LogP contribution in [0.3, 0.4) is 0 Å². The Balaban J connectivity index is 1.47. The highest BCUT2D eigenvalue weighted by atomic mass is 32.1. The lowest BCUT2D eigenvalue weighted by atomic mass is 9.90. The van der Waals surface area contributed by atoms with E-state index in [0.717, 1.165) is 38.5 Å². The lowest BCUT2D eigenvalue weighted by Gasteiger charge is -2.32. The van der Waals surface area contributed by atoms with Gasteiger partial charge in [0.05, 0.1) is 0 Å². The number of benzene rings is 1. The number of rotatable bonds is 12. The molecule has 6 nitrogen and oxygen atoms in total. The summed E-state index contributed by atoms with van der Waals surface area (Å²) < 4.78 is 19.2. The second-order valence-electron chi connectivity index (χ2n) is 8.55. The van der Waals surface area contributed by atoms with Gasteiger partial charge in [0.2, 0.25) is 5.91 Å². The third-order valence-electron chi connectivity index (χ3n) is 5.91. The molecule has 1 aliphatic carbocycles. The highest BCUT2D eigenvalue weighted by Gasteiger charge is 2.28. The number of halogens is 1. The molecule has 1 fully saturated rings. The first kappa shape index (κ1) is 25.1. The summed E-state index contributed by atoms with van der Waals surface area (Å²) >= 11 is 1.30. The largest absolute Gasteiger partial charge is 0.483 e. The summed E-state index contributed by atoms with van der Waals surface area (Å²) in [5, 5.41) is 8.48. The maximum atomic E-state index is 13.7. The zero-order valence-corrected chi connectivity index (χ0v) is 20.1. The molecule has 2 aromatic rings. The number of para-hydroxylation sites is 1. The van der Waals surface area contributed by atoms with Gasteiger partial charge in [-0.2, -0.15) is 0 Å². The molecule has 1 heterocycles. The molecule has 0 aliphatic heterocycles. The molecule has 2 atom stereocenters. The maximum absolute atomic E-state index is 13.7. The minimum atomic E-state index is -0.432. The van der Waals surface area contributed by atoms with Crippen LogP contribution in [0.2, 0.25) is 0 Å². The minimum Gasteiger partial charge on any atom is -0.483 e. The lowest BCUT2D eigenvalue weighted by molar-refractivity contribution is -0.122. The van der Waals surface area contributed by atoms with E-state index in [2.05, 4.69) is 22.5 Å². The Morgan fingerprint density at radius 2 is 1.82 bits per heavy atom. The van der Waals surface area contributed by atoms with E-state index in [1.165, 1.54) is 36.7 Å². The van der Waals surface area contributed by atoms with Gasteiger partial charge in [-0.05, 0) is 31.4 Å². The highest BCUT2D eigenvalue weighted by molar-refractivity contribution is 7.09. The monoisotopic (exact) mass is 475 g/mol. The number of nitrogens with zero attached hydrogens (tertiary/aromatic N) is 1. The maximum Gasteiger partial charge on any atom is 0.271 e. The van der Waals surface area contributed by atoms with Crippen molar-refractivity contribution in [3.63, 3.8) is 0 Å². The summed E-state index contributed by atoms with van der Waals surface area (Å²) in [4.78, 5) is 29.5. The van der Waals surface area contributed by atoms with E-state index >= 15 is 0 Å². The van der Waals surface area contributed by atoms with Gasteiger partial charge in [-0.25, -0.2) is 9.37 Å². The van der Waals surface area contributed by atoms with E-state index < -0.39 is 5.82 Å². The van der Waals surface area contributed by atoms with Crippen molar-refractivity contribution in [3.8, 4) is 5.75 Å².